The fourth-order valence-electron chi connectivity index (χ4n) is 3.50. The Morgan fingerprint density at radius 1 is 1.15 bits per heavy atom. The van der Waals surface area contributed by atoms with Crippen molar-refractivity contribution >= 4 is 16.9 Å². The van der Waals surface area contributed by atoms with Gasteiger partial charge in [0.2, 0.25) is 0 Å². The minimum atomic E-state index is -4.00. The van der Waals surface area contributed by atoms with E-state index < -0.39 is 27.8 Å². The van der Waals surface area contributed by atoms with E-state index in [1.807, 2.05) is 4.31 Å². The van der Waals surface area contributed by atoms with E-state index in [1.54, 1.807) is 5.48 Å². The van der Waals surface area contributed by atoms with Gasteiger partial charge in [-0.1, -0.05) is 12.8 Å². The number of carbonyl (C=O) groups excluding carboxylic acids is 1. The van der Waals surface area contributed by atoms with E-state index in [0.717, 1.165) is 32.1 Å². The zero-order chi connectivity index (χ0) is 25.3. The predicted octanol–water partition coefficient (Wildman–Crippen LogP) is 3.87. The van der Waals surface area contributed by atoms with E-state index in [0.29, 0.717) is 59.4 Å². The lowest BCUT2D eigenvalue weighted by atomic mass is 9.98. The Morgan fingerprint density at radius 2 is 1.67 bits per heavy atom. The van der Waals surface area contributed by atoms with Gasteiger partial charge in [-0.05, 0) is 38.5 Å². The zero-order valence-electron chi connectivity index (χ0n) is 19.3. The van der Waals surface area contributed by atoms with Crippen LogP contribution in [0.25, 0.3) is 0 Å². The molecule has 2 rings (SSSR count). The molecule has 1 unspecified atom stereocenters. The second-order valence-corrected chi connectivity index (χ2v) is 9.48. The number of amides is 1. The fraction of sp³-hybridized carbons (Fsp3) is 0.950. The fourth-order valence-corrected chi connectivity index (χ4v) is 5.25. The van der Waals surface area contributed by atoms with Crippen LogP contribution in [0.2, 0.25) is 0 Å². The summed E-state index contributed by atoms with van der Waals surface area (Å²) in [6.45, 7) is 2.53. The van der Waals surface area contributed by atoms with Gasteiger partial charge in [0, 0.05) is 39.8 Å². The third kappa shape index (κ3) is 13.0. The molecule has 13 heteroatoms. The molecule has 1 amide bonds. The van der Waals surface area contributed by atoms with Gasteiger partial charge in [0.05, 0.1) is 20.0 Å². The van der Waals surface area contributed by atoms with Crippen molar-refractivity contribution in [3.8, 4) is 0 Å². The number of ether oxygens (including phenoxy) is 2. The number of halogens is 5. The maximum absolute atomic E-state index is 13.1. The van der Waals surface area contributed by atoms with Crippen LogP contribution in [0.4, 0.5) is 22.0 Å². The topological polar surface area (TPSA) is 88.1 Å². The molecule has 2 N–H and O–H groups in total. The summed E-state index contributed by atoms with van der Waals surface area (Å²) in [4.78, 5) is 12.2. The van der Waals surface area contributed by atoms with Crippen molar-refractivity contribution in [2.24, 2.45) is 0 Å². The predicted molar refractivity (Wildman–Crippen MR) is 115 cm³/mol. The molecule has 1 atom stereocenters. The average Bonchev–Trinajstić information content (AvgIpc) is 2.81. The van der Waals surface area contributed by atoms with E-state index in [-0.39, 0.29) is 19.7 Å². The Bertz CT molecular complexity index is 537. The molecule has 2 saturated heterocycles. The molecule has 33 heavy (non-hydrogen) atoms. The highest BCUT2D eigenvalue weighted by Crippen LogP contribution is 2.31. The van der Waals surface area contributed by atoms with Crippen LogP contribution in [-0.4, -0.2) is 83.4 Å². The molecule has 2 heterocycles. The standard InChI is InChI=1S/C17H31FN2O5S.C2H3F3.CH3F/c18-9-3-1-2-4-12-25-15-5-10-20(11-6-15)26(23)17(16(21)19-22)7-13-24-14-8-17;1-2(3,4)5;1-2/h15,22H,1-14H2,(H,19,21);1H3;1H3. The summed E-state index contributed by atoms with van der Waals surface area (Å²) in [5.41, 5.74) is 1.69. The Hall–Kier alpha value is -0.890. The van der Waals surface area contributed by atoms with Gasteiger partial charge in [-0.2, -0.15) is 13.2 Å². The van der Waals surface area contributed by atoms with Crippen molar-refractivity contribution in [1.29, 1.82) is 0 Å². The van der Waals surface area contributed by atoms with Crippen LogP contribution in [0, 0.1) is 0 Å². The Kier molecular flexibility index (Phi) is 17.1. The first kappa shape index (κ1) is 32.1. The number of nitrogens with zero attached hydrogens (tertiary/aromatic N) is 1. The van der Waals surface area contributed by atoms with Gasteiger partial charge in [-0.3, -0.25) is 18.8 Å². The van der Waals surface area contributed by atoms with Gasteiger partial charge < -0.3 is 9.47 Å². The third-order valence-corrected chi connectivity index (χ3v) is 7.26. The summed E-state index contributed by atoms with van der Waals surface area (Å²) in [5, 5.41) is 9.08. The average molecular weight is 513 g/mol. The molecule has 2 aliphatic rings. The van der Waals surface area contributed by atoms with E-state index >= 15 is 0 Å². The Morgan fingerprint density at radius 3 is 2.15 bits per heavy atom. The molecule has 0 aromatic rings. The van der Waals surface area contributed by atoms with Crippen LogP contribution in [0.15, 0.2) is 0 Å². The van der Waals surface area contributed by atoms with Gasteiger partial charge in [0.1, 0.15) is 15.7 Å². The van der Waals surface area contributed by atoms with E-state index in [1.165, 1.54) is 0 Å². The maximum atomic E-state index is 13.1. The number of piperidine rings is 1. The minimum Gasteiger partial charge on any atom is -0.381 e. The first-order valence-electron chi connectivity index (χ1n) is 11.0. The summed E-state index contributed by atoms with van der Waals surface area (Å²) in [7, 11) is -1.02. The molecule has 0 bridgehead atoms. The number of carbonyl (C=O) groups is 1. The normalized spacial score (nSPS) is 20.0. The van der Waals surface area contributed by atoms with Gasteiger partial charge in [0.15, 0.2) is 0 Å². The number of nitrogens with one attached hydrogen (secondary N) is 1. The van der Waals surface area contributed by atoms with Gasteiger partial charge in [-0.25, -0.2) is 14.0 Å². The molecule has 2 fully saturated rings. The van der Waals surface area contributed by atoms with Crippen molar-refractivity contribution < 1.29 is 45.6 Å². The van der Waals surface area contributed by atoms with Crippen LogP contribution >= 0.6 is 0 Å². The largest absolute Gasteiger partial charge is 0.386 e. The lowest BCUT2D eigenvalue weighted by Crippen LogP contribution is -2.57. The van der Waals surface area contributed by atoms with Crippen molar-refractivity contribution in [3.63, 3.8) is 0 Å². The molecule has 7 nitrogen and oxygen atoms in total. The molecule has 0 aromatic carbocycles. The molecule has 0 spiro atoms. The highest BCUT2D eigenvalue weighted by atomic mass is 32.2. The zero-order valence-corrected chi connectivity index (χ0v) is 20.1. The molecule has 0 radical (unpaired) electrons. The van der Waals surface area contributed by atoms with Gasteiger partial charge >= 0.3 is 6.18 Å². The van der Waals surface area contributed by atoms with Crippen LogP contribution in [0.1, 0.15) is 58.3 Å². The summed E-state index contributed by atoms with van der Waals surface area (Å²) in [6, 6.07) is 0. The van der Waals surface area contributed by atoms with E-state index in [9.17, 15) is 31.0 Å². The SMILES string of the molecule is CC(F)(F)F.CF.O=C(NO)C1(S(=O)N2CCC(OCCCCCCF)CC2)CCOCC1. The van der Waals surface area contributed by atoms with Crippen molar-refractivity contribution in [2.75, 3.05) is 46.8 Å². The molecule has 198 valence electrons. The van der Waals surface area contributed by atoms with Crippen LogP contribution in [0.3, 0.4) is 0 Å². The quantitative estimate of drug-likeness (QED) is 0.201. The third-order valence-electron chi connectivity index (χ3n) is 5.17. The van der Waals surface area contributed by atoms with Gasteiger partial charge in [-0.15, -0.1) is 0 Å². The monoisotopic (exact) mass is 512 g/mol. The number of hydrogen-bond donors (Lipinski definition) is 2. The summed E-state index contributed by atoms with van der Waals surface area (Å²) >= 11 is 0. The molecule has 0 saturated carbocycles. The maximum Gasteiger partial charge on any atom is 0.386 e. The van der Waals surface area contributed by atoms with Crippen molar-refractivity contribution in [2.45, 2.75) is 75.3 Å². The smallest absolute Gasteiger partial charge is 0.381 e. The number of alkyl halides is 5. The molecule has 0 aromatic heterocycles. The first-order valence-corrected chi connectivity index (χ1v) is 12.1. The van der Waals surface area contributed by atoms with Crippen molar-refractivity contribution in [1.82, 2.24) is 9.79 Å². The summed E-state index contributed by atoms with van der Waals surface area (Å²) in [5.74, 6) is -0.592. The molecule has 0 aliphatic carbocycles. The number of hydroxylamine groups is 1. The van der Waals surface area contributed by atoms with Crippen LogP contribution in [-0.2, 0) is 25.3 Å². The van der Waals surface area contributed by atoms with E-state index in [2.05, 4.69) is 0 Å². The lowest BCUT2D eigenvalue weighted by Gasteiger charge is -2.40. The number of rotatable bonds is 10. The number of hydrogen-bond acceptors (Lipinski definition) is 5. The van der Waals surface area contributed by atoms with Gasteiger partial charge in [0.25, 0.3) is 5.91 Å². The second kappa shape index (κ2) is 17.5. The molecular formula is C20H37F5N2O5S. The molecular weight excluding hydrogens is 475 g/mol. The lowest BCUT2D eigenvalue weighted by molar-refractivity contribution is -0.134. The van der Waals surface area contributed by atoms with E-state index in [4.69, 9.17) is 14.7 Å². The van der Waals surface area contributed by atoms with Crippen LogP contribution in [0.5, 0.6) is 0 Å². The minimum absolute atomic E-state index is 0.140. The second-order valence-electron chi connectivity index (χ2n) is 7.68. The summed E-state index contributed by atoms with van der Waals surface area (Å²) in [6.07, 6.45) is 1.78. The van der Waals surface area contributed by atoms with Crippen LogP contribution < -0.4 is 5.48 Å². The highest BCUT2D eigenvalue weighted by molar-refractivity contribution is 7.85. The number of unbranched alkanes of at least 4 members (excludes halogenated alkanes) is 3. The molecule has 2 aliphatic heterocycles. The summed E-state index contributed by atoms with van der Waals surface area (Å²) < 4.78 is 77.5. The first-order chi connectivity index (χ1) is 15.6. The van der Waals surface area contributed by atoms with Crippen molar-refractivity contribution in [3.05, 3.63) is 0 Å². The highest BCUT2D eigenvalue weighted by Gasteiger charge is 2.48. The Balaban J connectivity index is 0.00000129. The Labute approximate surface area is 194 Å².